The zero-order valence-corrected chi connectivity index (χ0v) is 10.5. The maximum absolute atomic E-state index is 10.7. The number of halogens is 1. The first-order valence-electron chi connectivity index (χ1n) is 5.03. The molecule has 1 nitrogen and oxygen atoms in total. The van der Waals surface area contributed by atoms with Gasteiger partial charge >= 0.3 is 0 Å². The van der Waals surface area contributed by atoms with Gasteiger partial charge in [-0.15, -0.1) is 0 Å². The molecule has 0 amide bonds. The van der Waals surface area contributed by atoms with Crippen LogP contribution in [0.25, 0.3) is 11.1 Å². The molecule has 0 aromatic heterocycles. The van der Waals surface area contributed by atoms with Gasteiger partial charge in [-0.1, -0.05) is 46.3 Å². The first kappa shape index (κ1) is 11.1. The molecule has 2 aromatic rings. The van der Waals surface area contributed by atoms with Gasteiger partial charge in [-0.05, 0) is 35.7 Å². The SMILES string of the molecule is Cc1ccccc1-c1ccc(C=O)c(Br)c1. The second-order valence-electron chi connectivity index (χ2n) is 3.67. The van der Waals surface area contributed by atoms with Gasteiger partial charge < -0.3 is 0 Å². The van der Waals surface area contributed by atoms with Gasteiger partial charge in [-0.2, -0.15) is 0 Å². The van der Waals surface area contributed by atoms with Gasteiger partial charge in [0.05, 0.1) is 0 Å². The number of aldehydes is 1. The van der Waals surface area contributed by atoms with E-state index in [9.17, 15) is 4.79 Å². The average molecular weight is 275 g/mol. The zero-order chi connectivity index (χ0) is 11.5. The lowest BCUT2D eigenvalue weighted by atomic mass is 10.00. The summed E-state index contributed by atoms with van der Waals surface area (Å²) in [4.78, 5) is 10.7. The first-order chi connectivity index (χ1) is 7.72. The van der Waals surface area contributed by atoms with Crippen LogP contribution >= 0.6 is 15.9 Å². The van der Waals surface area contributed by atoms with Crippen LogP contribution in [0, 0.1) is 6.92 Å². The van der Waals surface area contributed by atoms with Gasteiger partial charge in [0.2, 0.25) is 0 Å². The van der Waals surface area contributed by atoms with Crippen molar-refractivity contribution in [3.63, 3.8) is 0 Å². The van der Waals surface area contributed by atoms with E-state index in [0.717, 1.165) is 16.3 Å². The second kappa shape index (κ2) is 4.62. The van der Waals surface area contributed by atoms with Crippen LogP contribution in [0.1, 0.15) is 15.9 Å². The highest BCUT2D eigenvalue weighted by Crippen LogP contribution is 2.27. The van der Waals surface area contributed by atoms with E-state index in [1.807, 2.05) is 30.3 Å². The summed E-state index contributed by atoms with van der Waals surface area (Å²) in [6.07, 6.45) is 0.853. The predicted octanol–water partition coefficient (Wildman–Crippen LogP) is 4.24. The smallest absolute Gasteiger partial charge is 0.151 e. The molecule has 0 saturated carbocycles. The lowest BCUT2D eigenvalue weighted by Gasteiger charge is -2.07. The molecule has 0 heterocycles. The molecule has 0 spiro atoms. The molecular weight excluding hydrogens is 264 g/mol. The molecule has 0 saturated heterocycles. The number of rotatable bonds is 2. The molecule has 16 heavy (non-hydrogen) atoms. The van der Waals surface area contributed by atoms with E-state index in [-0.39, 0.29) is 0 Å². The fourth-order valence-corrected chi connectivity index (χ4v) is 2.16. The van der Waals surface area contributed by atoms with Gasteiger partial charge in [-0.3, -0.25) is 4.79 Å². The molecule has 80 valence electrons. The Balaban J connectivity index is 2.54. The van der Waals surface area contributed by atoms with E-state index in [1.165, 1.54) is 11.1 Å². The van der Waals surface area contributed by atoms with Crippen LogP contribution in [0.5, 0.6) is 0 Å². The van der Waals surface area contributed by atoms with Crippen molar-refractivity contribution in [2.75, 3.05) is 0 Å². The fourth-order valence-electron chi connectivity index (χ4n) is 1.69. The highest BCUT2D eigenvalue weighted by Gasteiger charge is 2.04. The molecular formula is C14H11BrO. The number of hydrogen-bond donors (Lipinski definition) is 0. The Kier molecular flexibility index (Phi) is 3.20. The van der Waals surface area contributed by atoms with Gasteiger partial charge in [-0.25, -0.2) is 0 Å². The molecule has 0 fully saturated rings. The van der Waals surface area contributed by atoms with Crippen LogP contribution in [0.4, 0.5) is 0 Å². The Morgan fingerprint density at radius 2 is 1.88 bits per heavy atom. The third-order valence-corrected chi connectivity index (χ3v) is 3.27. The molecule has 0 radical (unpaired) electrons. The van der Waals surface area contributed by atoms with Crippen molar-refractivity contribution in [3.8, 4) is 11.1 Å². The van der Waals surface area contributed by atoms with Crippen LogP contribution < -0.4 is 0 Å². The van der Waals surface area contributed by atoms with Crippen molar-refractivity contribution >= 4 is 22.2 Å². The van der Waals surface area contributed by atoms with E-state index in [2.05, 4.69) is 35.0 Å². The molecule has 0 aliphatic rings. The summed E-state index contributed by atoms with van der Waals surface area (Å²) < 4.78 is 0.836. The topological polar surface area (TPSA) is 17.1 Å². The Hall–Kier alpha value is -1.41. The molecule has 0 aliphatic carbocycles. The minimum absolute atomic E-state index is 0.678. The number of hydrogen-bond acceptors (Lipinski definition) is 1. The van der Waals surface area contributed by atoms with Crippen LogP contribution in [0.15, 0.2) is 46.9 Å². The number of aryl methyl sites for hydroxylation is 1. The number of carbonyl (C=O) groups is 1. The van der Waals surface area contributed by atoms with Gasteiger partial charge in [0.25, 0.3) is 0 Å². The molecule has 0 aliphatic heterocycles. The Morgan fingerprint density at radius 1 is 1.12 bits per heavy atom. The molecule has 0 N–H and O–H groups in total. The first-order valence-corrected chi connectivity index (χ1v) is 5.82. The van der Waals surface area contributed by atoms with Crippen molar-refractivity contribution in [1.29, 1.82) is 0 Å². The second-order valence-corrected chi connectivity index (χ2v) is 4.52. The van der Waals surface area contributed by atoms with Gasteiger partial charge in [0.1, 0.15) is 0 Å². The predicted molar refractivity (Wildman–Crippen MR) is 69.7 cm³/mol. The van der Waals surface area contributed by atoms with Gasteiger partial charge in [0.15, 0.2) is 6.29 Å². The van der Waals surface area contributed by atoms with E-state index in [1.54, 1.807) is 0 Å². The summed E-state index contributed by atoms with van der Waals surface area (Å²) in [5, 5.41) is 0. The van der Waals surface area contributed by atoms with Crippen molar-refractivity contribution in [3.05, 3.63) is 58.1 Å². The largest absolute Gasteiger partial charge is 0.298 e. The molecule has 2 aromatic carbocycles. The summed E-state index contributed by atoms with van der Waals surface area (Å²) in [5.74, 6) is 0. The zero-order valence-electron chi connectivity index (χ0n) is 8.91. The fraction of sp³-hybridized carbons (Fsp3) is 0.0714. The average Bonchev–Trinajstić information content (AvgIpc) is 2.29. The maximum Gasteiger partial charge on any atom is 0.151 e. The molecule has 2 rings (SSSR count). The lowest BCUT2D eigenvalue weighted by Crippen LogP contribution is -1.86. The molecule has 0 unspecified atom stereocenters. The maximum atomic E-state index is 10.7. The highest BCUT2D eigenvalue weighted by atomic mass is 79.9. The third kappa shape index (κ3) is 2.07. The van der Waals surface area contributed by atoms with Crippen molar-refractivity contribution in [2.24, 2.45) is 0 Å². The normalized spacial score (nSPS) is 10.1. The minimum Gasteiger partial charge on any atom is -0.298 e. The summed E-state index contributed by atoms with van der Waals surface area (Å²) in [6, 6.07) is 14.0. The van der Waals surface area contributed by atoms with E-state index < -0.39 is 0 Å². The molecule has 0 bridgehead atoms. The number of benzene rings is 2. The van der Waals surface area contributed by atoms with Gasteiger partial charge in [0, 0.05) is 10.0 Å². The van der Waals surface area contributed by atoms with E-state index in [4.69, 9.17) is 0 Å². The Bertz CT molecular complexity index is 532. The Morgan fingerprint density at radius 3 is 2.50 bits per heavy atom. The Labute approximate surface area is 103 Å². The summed E-state index contributed by atoms with van der Waals surface area (Å²) in [5.41, 5.74) is 4.22. The van der Waals surface area contributed by atoms with Crippen molar-refractivity contribution in [1.82, 2.24) is 0 Å². The van der Waals surface area contributed by atoms with Crippen LogP contribution in [-0.2, 0) is 0 Å². The quantitative estimate of drug-likeness (QED) is 0.749. The molecule has 0 atom stereocenters. The van der Waals surface area contributed by atoms with Crippen LogP contribution in [0.2, 0.25) is 0 Å². The van der Waals surface area contributed by atoms with Crippen LogP contribution in [0.3, 0.4) is 0 Å². The van der Waals surface area contributed by atoms with Crippen LogP contribution in [-0.4, -0.2) is 6.29 Å². The minimum atomic E-state index is 0.678. The van der Waals surface area contributed by atoms with Crippen molar-refractivity contribution in [2.45, 2.75) is 6.92 Å². The molecule has 2 heteroatoms. The summed E-state index contributed by atoms with van der Waals surface area (Å²) in [6.45, 7) is 2.08. The lowest BCUT2D eigenvalue weighted by molar-refractivity contribution is 0.112. The van der Waals surface area contributed by atoms with Crippen molar-refractivity contribution < 1.29 is 4.79 Å². The standard InChI is InChI=1S/C14H11BrO/c1-10-4-2-3-5-13(10)11-6-7-12(9-16)14(15)8-11/h2-9H,1H3. The number of carbonyl (C=O) groups excluding carboxylic acids is 1. The monoisotopic (exact) mass is 274 g/mol. The van der Waals surface area contributed by atoms with E-state index >= 15 is 0 Å². The van der Waals surface area contributed by atoms with E-state index in [0.29, 0.717) is 5.56 Å². The summed E-state index contributed by atoms with van der Waals surface area (Å²) >= 11 is 3.40. The highest BCUT2D eigenvalue weighted by molar-refractivity contribution is 9.10. The third-order valence-electron chi connectivity index (χ3n) is 2.58. The summed E-state index contributed by atoms with van der Waals surface area (Å²) in [7, 11) is 0.